The predicted octanol–water partition coefficient (Wildman–Crippen LogP) is 1.27. The molecule has 4 aliphatic rings. The van der Waals surface area contributed by atoms with E-state index in [2.05, 4.69) is 16.2 Å². The maximum Gasteiger partial charge on any atom is 0.240 e. The maximum atomic E-state index is 12.2. The summed E-state index contributed by atoms with van der Waals surface area (Å²) in [6.07, 6.45) is 8.33. The van der Waals surface area contributed by atoms with Gasteiger partial charge in [0, 0.05) is 26.3 Å². The quantitative estimate of drug-likeness (QED) is 0.666. The van der Waals surface area contributed by atoms with Crippen LogP contribution < -0.4 is 16.2 Å². The Morgan fingerprint density at radius 2 is 1.43 bits per heavy atom. The molecule has 0 radical (unpaired) electrons. The van der Waals surface area contributed by atoms with Crippen LogP contribution in [0.2, 0.25) is 0 Å². The molecule has 0 aromatic heterocycles. The van der Waals surface area contributed by atoms with Crippen LogP contribution in [0, 0.1) is 23.2 Å². The summed E-state index contributed by atoms with van der Waals surface area (Å²) < 4.78 is 0. The zero-order valence-corrected chi connectivity index (χ0v) is 13.8. The van der Waals surface area contributed by atoms with Crippen molar-refractivity contribution in [3.63, 3.8) is 0 Å². The molecule has 128 valence electrons. The summed E-state index contributed by atoms with van der Waals surface area (Å²) in [7, 11) is 0. The molecule has 0 saturated heterocycles. The lowest BCUT2D eigenvalue weighted by Gasteiger charge is -2.56. The topological polar surface area (TPSA) is 87.3 Å². The van der Waals surface area contributed by atoms with Crippen molar-refractivity contribution in [1.82, 2.24) is 16.2 Å². The number of nitrogens with one attached hydrogen (secondary N) is 3. The van der Waals surface area contributed by atoms with Gasteiger partial charge in [-0.05, 0) is 61.7 Å². The van der Waals surface area contributed by atoms with Crippen molar-refractivity contribution >= 4 is 17.7 Å². The Hall–Kier alpha value is -1.59. The van der Waals surface area contributed by atoms with E-state index in [1.54, 1.807) is 0 Å². The van der Waals surface area contributed by atoms with Gasteiger partial charge in [0.2, 0.25) is 17.7 Å². The van der Waals surface area contributed by atoms with Crippen molar-refractivity contribution in [2.45, 2.75) is 58.3 Å². The normalized spacial score (nSPS) is 34.0. The van der Waals surface area contributed by atoms with Gasteiger partial charge in [0.25, 0.3) is 0 Å². The van der Waals surface area contributed by atoms with Gasteiger partial charge in [0.05, 0.1) is 0 Å². The first-order valence-electron chi connectivity index (χ1n) is 8.76. The molecular weight excluding hydrogens is 294 g/mol. The summed E-state index contributed by atoms with van der Waals surface area (Å²) in [5, 5.41) is 2.55. The fourth-order valence-electron chi connectivity index (χ4n) is 5.45. The van der Waals surface area contributed by atoms with E-state index >= 15 is 0 Å². The van der Waals surface area contributed by atoms with Gasteiger partial charge in [-0.15, -0.1) is 0 Å². The molecule has 0 aliphatic heterocycles. The summed E-state index contributed by atoms with van der Waals surface area (Å²) in [4.78, 5) is 34.6. The molecule has 4 saturated carbocycles. The molecular formula is C17H27N3O3. The van der Waals surface area contributed by atoms with Crippen LogP contribution >= 0.6 is 0 Å². The van der Waals surface area contributed by atoms with E-state index in [9.17, 15) is 14.4 Å². The molecule has 23 heavy (non-hydrogen) atoms. The van der Waals surface area contributed by atoms with Gasteiger partial charge in [-0.1, -0.05) is 0 Å². The molecule has 3 N–H and O–H groups in total. The van der Waals surface area contributed by atoms with E-state index in [4.69, 9.17) is 0 Å². The molecule has 6 nitrogen and oxygen atoms in total. The largest absolute Gasteiger partial charge is 0.356 e. The Balaban J connectivity index is 1.41. The zero-order valence-electron chi connectivity index (χ0n) is 13.8. The number of carbonyl (C=O) groups excluding carboxylic acids is 3. The lowest BCUT2D eigenvalue weighted by Crippen LogP contribution is -2.50. The Morgan fingerprint density at radius 3 is 1.96 bits per heavy atom. The molecule has 0 unspecified atom stereocenters. The van der Waals surface area contributed by atoms with Gasteiger partial charge in [-0.2, -0.15) is 0 Å². The fourth-order valence-corrected chi connectivity index (χ4v) is 5.45. The minimum Gasteiger partial charge on any atom is -0.356 e. The third kappa shape index (κ3) is 4.03. The molecule has 6 heteroatoms. The minimum absolute atomic E-state index is 0.0835. The van der Waals surface area contributed by atoms with Crippen molar-refractivity contribution in [2.24, 2.45) is 23.2 Å². The molecule has 4 fully saturated rings. The van der Waals surface area contributed by atoms with Crippen molar-refractivity contribution in [1.29, 1.82) is 0 Å². The van der Waals surface area contributed by atoms with Gasteiger partial charge in [0.1, 0.15) is 0 Å². The third-order valence-corrected chi connectivity index (χ3v) is 5.77. The third-order valence-electron chi connectivity index (χ3n) is 5.77. The van der Waals surface area contributed by atoms with Gasteiger partial charge >= 0.3 is 0 Å². The molecule has 0 aromatic carbocycles. The molecule has 0 atom stereocenters. The molecule has 0 aromatic rings. The van der Waals surface area contributed by atoms with Crippen molar-refractivity contribution in [2.75, 3.05) is 6.54 Å². The number of hydrazine groups is 1. The van der Waals surface area contributed by atoms with Crippen molar-refractivity contribution in [3.05, 3.63) is 0 Å². The summed E-state index contributed by atoms with van der Waals surface area (Å²) in [5.74, 6) is 1.94. The lowest BCUT2D eigenvalue weighted by atomic mass is 9.49. The minimum atomic E-state index is -0.280. The van der Waals surface area contributed by atoms with Crippen LogP contribution in [0.3, 0.4) is 0 Å². The molecule has 4 aliphatic carbocycles. The second kappa shape index (κ2) is 6.49. The average molecular weight is 321 g/mol. The van der Waals surface area contributed by atoms with Crippen LogP contribution in [0.5, 0.6) is 0 Å². The highest BCUT2D eigenvalue weighted by atomic mass is 16.2. The lowest BCUT2D eigenvalue weighted by molar-refractivity contribution is -0.134. The Bertz CT molecular complexity index is 468. The summed E-state index contributed by atoms with van der Waals surface area (Å²) in [6, 6.07) is 0. The monoisotopic (exact) mass is 321 g/mol. The summed E-state index contributed by atoms with van der Waals surface area (Å²) >= 11 is 0. The first-order chi connectivity index (χ1) is 10.9. The van der Waals surface area contributed by atoms with Gasteiger partial charge in [-0.25, -0.2) is 0 Å². The predicted molar refractivity (Wildman–Crippen MR) is 84.8 cm³/mol. The number of hydrogen-bond acceptors (Lipinski definition) is 3. The summed E-state index contributed by atoms with van der Waals surface area (Å²) in [5.41, 5.74) is 5.17. The first kappa shape index (κ1) is 16.3. The van der Waals surface area contributed by atoms with Gasteiger partial charge < -0.3 is 5.32 Å². The number of rotatable bonds is 5. The van der Waals surface area contributed by atoms with Crippen LogP contribution in [-0.4, -0.2) is 24.3 Å². The number of amides is 3. The first-order valence-corrected chi connectivity index (χ1v) is 8.76. The number of hydrogen-bond donors (Lipinski definition) is 3. The molecule has 0 heterocycles. The zero-order chi connectivity index (χ0) is 16.4. The molecule has 4 rings (SSSR count). The highest BCUT2D eigenvalue weighted by molar-refractivity contribution is 5.82. The highest BCUT2D eigenvalue weighted by Crippen LogP contribution is 2.61. The fraction of sp³-hybridized carbons (Fsp3) is 0.824. The highest BCUT2D eigenvalue weighted by Gasteiger charge is 2.51. The molecule has 0 spiro atoms. The van der Waals surface area contributed by atoms with E-state index in [-0.39, 0.29) is 36.1 Å². The SMILES string of the molecule is CC(=O)NCCC(=O)NNC(=O)CC12CC3CC(CC(C3)C1)C2. The Morgan fingerprint density at radius 1 is 0.913 bits per heavy atom. The van der Waals surface area contributed by atoms with E-state index in [1.165, 1.54) is 45.4 Å². The molecule has 4 bridgehead atoms. The second-order valence-electron chi connectivity index (χ2n) is 7.92. The van der Waals surface area contributed by atoms with E-state index in [1.807, 2.05) is 0 Å². The Kier molecular flexibility index (Phi) is 4.60. The average Bonchev–Trinajstić information content (AvgIpc) is 2.42. The standard InChI is InChI=1S/C17H27N3O3/c1-11(21)18-3-2-15(22)19-20-16(23)10-17-7-12-4-13(8-17)6-14(5-12)9-17/h12-14H,2-10H2,1H3,(H,18,21)(H,19,22)(H,20,23). The molecule has 3 amide bonds. The van der Waals surface area contributed by atoms with Gasteiger partial charge in [0.15, 0.2) is 0 Å². The van der Waals surface area contributed by atoms with Crippen LogP contribution in [-0.2, 0) is 14.4 Å². The van der Waals surface area contributed by atoms with Crippen molar-refractivity contribution in [3.8, 4) is 0 Å². The van der Waals surface area contributed by atoms with E-state index < -0.39 is 0 Å². The van der Waals surface area contributed by atoms with Gasteiger partial charge in [-0.3, -0.25) is 25.2 Å². The van der Waals surface area contributed by atoms with Crippen LogP contribution in [0.25, 0.3) is 0 Å². The smallest absolute Gasteiger partial charge is 0.240 e. The van der Waals surface area contributed by atoms with Crippen LogP contribution in [0.1, 0.15) is 58.3 Å². The second-order valence-corrected chi connectivity index (χ2v) is 7.92. The van der Waals surface area contributed by atoms with E-state index in [0.717, 1.165) is 17.8 Å². The maximum absolute atomic E-state index is 12.2. The Labute approximate surface area is 137 Å². The van der Waals surface area contributed by atoms with Crippen LogP contribution in [0.4, 0.5) is 0 Å². The number of carbonyl (C=O) groups is 3. The summed E-state index contributed by atoms with van der Waals surface area (Å²) in [6.45, 7) is 1.69. The van der Waals surface area contributed by atoms with E-state index in [0.29, 0.717) is 6.42 Å². The van der Waals surface area contributed by atoms with Crippen molar-refractivity contribution < 1.29 is 14.4 Å². The van der Waals surface area contributed by atoms with Crippen LogP contribution in [0.15, 0.2) is 0 Å².